The highest BCUT2D eigenvalue weighted by Crippen LogP contribution is 2.60. The SMILES string of the molecule is COc1ccc([C@H]2C3=CCn4c(=O)n(-c5ccccc5)c(=O)n4[C@@H]3C[C@H]3C(=O)C=C(C)C(=O)[C@@]23C)c(O)c1. The zero-order valence-corrected chi connectivity index (χ0v) is 21.2. The van der Waals surface area contributed by atoms with Crippen LogP contribution in [0.4, 0.5) is 0 Å². The second-order valence-corrected chi connectivity index (χ2v) is 10.4. The average molecular weight is 514 g/mol. The lowest BCUT2D eigenvalue weighted by atomic mass is 9.51. The molecule has 0 radical (unpaired) electrons. The van der Waals surface area contributed by atoms with Crippen molar-refractivity contribution in [3.63, 3.8) is 0 Å². The molecule has 0 spiro atoms. The highest BCUT2D eigenvalue weighted by Gasteiger charge is 2.59. The number of nitrogens with zero attached hydrogens (tertiary/aromatic N) is 3. The first-order valence-electron chi connectivity index (χ1n) is 12.5. The fourth-order valence-corrected chi connectivity index (χ4v) is 6.69. The van der Waals surface area contributed by atoms with Gasteiger partial charge in [-0.05, 0) is 48.8 Å². The maximum Gasteiger partial charge on any atom is 0.352 e. The maximum atomic E-state index is 13.8. The predicted octanol–water partition coefficient (Wildman–Crippen LogP) is 2.90. The first-order valence-corrected chi connectivity index (χ1v) is 12.5. The summed E-state index contributed by atoms with van der Waals surface area (Å²) in [6, 6.07) is 12.9. The van der Waals surface area contributed by atoms with E-state index in [1.54, 1.807) is 56.3 Å². The second-order valence-electron chi connectivity index (χ2n) is 10.4. The van der Waals surface area contributed by atoms with Crippen molar-refractivity contribution in [2.24, 2.45) is 11.3 Å². The van der Waals surface area contributed by atoms with Crippen molar-refractivity contribution in [2.45, 2.75) is 38.8 Å². The van der Waals surface area contributed by atoms with Crippen molar-refractivity contribution in [1.82, 2.24) is 13.9 Å². The van der Waals surface area contributed by atoms with Crippen molar-refractivity contribution in [3.8, 4) is 17.2 Å². The molecule has 1 aliphatic heterocycles. The van der Waals surface area contributed by atoms with Crippen molar-refractivity contribution in [1.29, 1.82) is 0 Å². The molecule has 1 saturated carbocycles. The summed E-state index contributed by atoms with van der Waals surface area (Å²) < 4.78 is 9.19. The Balaban J connectivity index is 1.60. The Hall–Kier alpha value is -4.40. The molecule has 2 aliphatic carbocycles. The van der Waals surface area contributed by atoms with Crippen LogP contribution in [-0.4, -0.2) is 37.7 Å². The quantitative estimate of drug-likeness (QED) is 0.539. The van der Waals surface area contributed by atoms with E-state index in [0.717, 1.165) is 10.1 Å². The minimum atomic E-state index is -1.18. The number of carbonyl (C=O) groups excluding carboxylic acids is 2. The number of rotatable bonds is 3. The van der Waals surface area contributed by atoms with Crippen LogP contribution in [0.5, 0.6) is 11.5 Å². The van der Waals surface area contributed by atoms with Gasteiger partial charge in [0.15, 0.2) is 11.6 Å². The smallest absolute Gasteiger partial charge is 0.352 e. The monoisotopic (exact) mass is 513 g/mol. The maximum absolute atomic E-state index is 13.8. The third-order valence-electron chi connectivity index (χ3n) is 8.47. The number of aromatic hydroxyl groups is 1. The normalized spacial score (nSPS) is 26.1. The minimum absolute atomic E-state index is 0.0690. The van der Waals surface area contributed by atoms with E-state index in [1.807, 2.05) is 6.08 Å². The van der Waals surface area contributed by atoms with E-state index in [0.29, 0.717) is 22.6 Å². The molecule has 3 aliphatic rings. The van der Waals surface area contributed by atoms with Crippen LogP contribution in [0.1, 0.15) is 37.8 Å². The molecular formula is C29H27N3O6. The number of phenolic OH excluding ortho intramolecular Hbond substituents is 1. The minimum Gasteiger partial charge on any atom is -0.508 e. The Labute approximate surface area is 217 Å². The van der Waals surface area contributed by atoms with Gasteiger partial charge in [0.05, 0.1) is 30.8 Å². The molecule has 38 heavy (non-hydrogen) atoms. The van der Waals surface area contributed by atoms with E-state index < -0.39 is 34.7 Å². The van der Waals surface area contributed by atoms with Gasteiger partial charge in [0.25, 0.3) is 0 Å². The molecule has 6 rings (SSSR count). The van der Waals surface area contributed by atoms with E-state index in [1.165, 1.54) is 28.6 Å². The number of aromatic nitrogens is 3. The molecule has 0 bridgehead atoms. The number of phenols is 1. The zero-order valence-electron chi connectivity index (χ0n) is 21.2. The number of fused-ring (bicyclic) bond motifs is 4. The van der Waals surface area contributed by atoms with E-state index in [-0.39, 0.29) is 30.3 Å². The molecule has 9 nitrogen and oxygen atoms in total. The lowest BCUT2D eigenvalue weighted by Gasteiger charge is -2.52. The molecule has 0 unspecified atom stereocenters. The fourth-order valence-electron chi connectivity index (χ4n) is 6.69. The van der Waals surface area contributed by atoms with Crippen molar-refractivity contribution >= 4 is 11.6 Å². The highest BCUT2D eigenvalue weighted by molar-refractivity contribution is 6.13. The Kier molecular flexibility index (Phi) is 5.24. The Morgan fingerprint density at radius 3 is 2.45 bits per heavy atom. The standard InChI is InChI=1S/C29H27N3O6/c1-16-13-24(34)21-15-22-19(25(29(21,2)26(16)35)20-10-9-18(38-3)14-23(20)33)11-12-30-27(36)31(28(37)32(22)30)17-7-5-4-6-8-17/h4-11,13-14,21-22,25,33H,12,15H2,1-3H3/t21-,22+,25+,29+/m0/s1. The number of hydrogen-bond donors (Lipinski definition) is 1. The number of methoxy groups -OCH3 is 1. The third-order valence-corrected chi connectivity index (χ3v) is 8.47. The van der Waals surface area contributed by atoms with E-state index in [2.05, 4.69) is 0 Å². The van der Waals surface area contributed by atoms with E-state index >= 15 is 0 Å². The number of Topliss-reactive ketones (excluding diaryl/α,β-unsaturated/α-hetero) is 1. The van der Waals surface area contributed by atoms with Crippen molar-refractivity contribution < 1.29 is 19.4 Å². The van der Waals surface area contributed by atoms with Gasteiger partial charge in [0.2, 0.25) is 0 Å². The molecule has 2 heterocycles. The molecule has 0 amide bonds. The van der Waals surface area contributed by atoms with Gasteiger partial charge in [0, 0.05) is 23.5 Å². The first kappa shape index (κ1) is 24.0. The predicted molar refractivity (Wildman–Crippen MR) is 139 cm³/mol. The zero-order chi connectivity index (χ0) is 26.9. The van der Waals surface area contributed by atoms with Gasteiger partial charge in [-0.3, -0.25) is 9.59 Å². The van der Waals surface area contributed by atoms with E-state index in [4.69, 9.17) is 4.74 Å². The first-order chi connectivity index (χ1) is 18.2. The Morgan fingerprint density at radius 2 is 1.76 bits per heavy atom. The summed E-state index contributed by atoms with van der Waals surface area (Å²) in [5.41, 5.74) is -0.159. The summed E-state index contributed by atoms with van der Waals surface area (Å²) >= 11 is 0. The Morgan fingerprint density at radius 1 is 1.03 bits per heavy atom. The Bertz CT molecular complexity index is 1690. The van der Waals surface area contributed by atoms with Gasteiger partial charge in [-0.15, -0.1) is 0 Å². The van der Waals surface area contributed by atoms with Crippen LogP contribution in [0, 0.1) is 11.3 Å². The molecule has 9 heteroatoms. The molecule has 3 aromatic rings. The van der Waals surface area contributed by atoms with Crippen LogP contribution in [-0.2, 0) is 16.1 Å². The topological polar surface area (TPSA) is 113 Å². The van der Waals surface area contributed by atoms with Crippen LogP contribution in [0.3, 0.4) is 0 Å². The number of hydrogen-bond acceptors (Lipinski definition) is 6. The summed E-state index contributed by atoms with van der Waals surface area (Å²) in [4.78, 5) is 54.4. The van der Waals surface area contributed by atoms with Crippen LogP contribution >= 0.6 is 0 Å². The molecule has 0 saturated heterocycles. The third kappa shape index (κ3) is 3.11. The number of para-hydroxylation sites is 1. The lowest BCUT2D eigenvalue weighted by Crippen LogP contribution is -2.54. The largest absolute Gasteiger partial charge is 0.508 e. The summed E-state index contributed by atoms with van der Waals surface area (Å²) in [6.45, 7) is 3.53. The van der Waals surface area contributed by atoms with Crippen LogP contribution in [0.2, 0.25) is 0 Å². The molecule has 2 aromatic carbocycles. The van der Waals surface area contributed by atoms with Gasteiger partial charge in [0.1, 0.15) is 11.5 Å². The number of ketones is 2. The molecule has 1 aromatic heterocycles. The molecule has 1 N–H and O–H groups in total. The lowest BCUT2D eigenvalue weighted by molar-refractivity contribution is -0.139. The van der Waals surface area contributed by atoms with Gasteiger partial charge >= 0.3 is 11.4 Å². The van der Waals surface area contributed by atoms with Crippen molar-refractivity contribution in [3.05, 3.63) is 98.4 Å². The summed E-state index contributed by atoms with van der Waals surface area (Å²) in [5.74, 6) is -1.44. The van der Waals surface area contributed by atoms with Gasteiger partial charge in [-0.1, -0.05) is 37.3 Å². The van der Waals surface area contributed by atoms with Gasteiger partial charge in [-0.2, -0.15) is 0 Å². The van der Waals surface area contributed by atoms with Gasteiger partial charge < -0.3 is 9.84 Å². The van der Waals surface area contributed by atoms with Gasteiger partial charge in [-0.25, -0.2) is 23.5 Å². The number of carbonyl (C=O) groups is 2. The summed E-state index contributed by atoms with van der Waals surface area (Å²) in [6.07, 6.45) is 3.42. The number of allylic oxidation sites excluding steroid dienone is 4. The molecule has 1 fully saturated rings. The fraction of sp³-hybridized carbons (Fsp3) is 0.310. The second kappa shape index (κ2) is 8.31. The molecule has 194 valence electrons. The van der Waals surface area contributed by atoms with E-state index in [9.17, 15) is 24.3 Å². The van der Waals surface area contributed by atoms with Crippen LogP contribution < -0.4 is 16.1 Å². The highest BCUT2D eigenvalue weighted by atomic mass is 16.5. The number of benzene rings is 2. The average Bonchev–Trinajstić information content (AvgIpc) is 3.17. The number of ether oxygens (including phenoxy) is 1. The van der Waals surface area contributed by atoms with Crippen LogP contribution in [0.25, 0.3) is 5.69 Å². The molecule has 4 atom stereocenters. The van der Waals surface area contributed by atoms with Crippen molar-refractivity contribution in [2.75, 3.05) is 7.11 Å². The van der Waals surface area contributed by atoms with Crippen LogP contribution in [0.15, 0.2) is 81.4 Å². The summed E-state index contributed by atoms with van der Waals surface area (Å²) in [7, 11) is 1.49. The molecular weight excluding hydrogens is 486 g/mol. The summed E-state index contributed by atoms with van der Waals surface area (Å²) in [5, 5.41) is 11.1.